The maximum absolute atomic E-state index is 11.8. The maximum Gasteiger partial charge on any atom is 0.240 e. The summed E-state index contributed by atoms with van der Waals surface area (Å²) >= 11 is 2.63. The average Bonchev–Trinajstić information content (AvgIpc) is 3.34. The summed E-state index contributed by atoms with van der Waals surface area (Å²) < 4.78 is 30.0. The number of anilines is 1. The monoisotopic (exact) mass is 454 g/mol. The van der Waals surface area contributed by atoms with Crippen molar-refractivity contribution in [3.63, 3.8) is 0 Å². The van der Waals surface area contributed by atoms with Crippen LogP contribution in [0.3, 0.4) is 0 Å². The number of hydrogen-bond donors (Lipinski definition) is 1. The van der Waals surface area contributed by atoms with Crippen LogP contribution >= 0.6 is 23.1 Å². The number of nitrogens with zero attached hydrogens (tertiary/aromatic N) is 3. The number of ether oxygens (including phenoxy) is 1. The van der Waals surface area contributed by atoms with E-state index in [0.29, 0.717) is 9.92 Å². The molecular weight excluding hydrogens is 428 g/mol. The Kier molecular flexibility index (Phi) is 6.35. The summed E-state index contributed by atoms with van der Waals surface area (Å²) in [6.45, 7) is 3.88. The van der Waals surface area contributed by atoms with E-state index in [2.05, 4.69) is 21.8 Å². The minimum Gasteiger partial charge on any atom is -0.488 e. The van der Waals surface area contributed by atoms with Crippen molar-refractivity contribution >= 4 is 38.8 Å². The zero-order chi connectivity index (χ0) is 20.4. The largest absolute Gasteiger partial charge is 0.488 e. The smallest absolute Gasteiger partial charge is 0.240 e. The third-order valence-electron chi connectivity index (χ3n) is 5.37. The normalized spacial score (nSPS) is 19.0. The number of rotatable bonds is 6. The average molecular weight is 455 g/mol. The molecule has 0 atom stereocenters. The van der Waals surface area contributed by atoms with E-state index in [9.17, 15) is 8.42 Å². The number of primary sulfonamides is 1. The molecule has 0 radical (unpaired) electrons. The number of hydrogen-bond acceptors (Lipinski definition) is 8. The topological polar surface area (TPSA) is 88.8 Å². The van der Waals surface area contributed by atoms with E-state index in [0.717, 1.165) is 50.5 Å². The van der Waals surface area contributed by atoms with E-state index in [-0.39, 0.29) is 11.0 Å². The van der Waals surface area contributed by atoms with Crippen LogP contribution < -0.4 is 14.8 Å². The Labute approximate surface area is 180 Å². The van der Waals surface area contributed by atoms with Gasteiger partial charge in [0, 0.05) is 47.9 Å². The van der Waals surface area contributed by atoms with E-state index in [4.69, 9.17) is 9.88 Å². The van der Waals surface area contributed by atoms with Crippen molar-refractivity contribution in [2.24, 2.45) is 5.14 Å². The third-order valence-corrected chi connectivity index (χ3v) is 8.49. The molecule has 1 saturated heterocycles. The van der Waals surface area contributed by atoms with E-state index in [1.165, 1.54) is 35.9 Å². The molecule has 2 aromatic heterocycles. The lowest BCUT2D eigenvalue weighted by molar-refractivity contribution is 0.209. The number of piperazine rings is 1. The van der Waals surface area contributed by atoms with E-state index < -0.39 is 10.0 Å². The third kappa shape index (κ3) is 5.05. The Balaban J connectivity index is 1.61. The molecule has 10 heteroatoms. The zero-order valence-corrected chi connectivity index (χ0v) is 18.9. The van der Waals surface area contributed by atoms with E-state index >= 15 is 0 Å². The molecule has 0 amide bonds. The van der Waals surface area contributed by atoms with Crippen LogP contribution in [-0.4, -0.2) is 57.6 Å². The van der Waals surface area contributed by atoms with Gasteiger partial charge in [-0.05, 0) is 32.7 Å². The molecule has 2 N–H and O–H groups in total. The fourth-order valence-corrected chi connectivity index (χ4v) is 6.95. The van der Waals surface area contributed by atoms with Crippen LogP contribution in [0, 0.1) is 0 Å². The predicted octanol–water partition coefficient (Wildman–Crippen LogP) is 3.01. The summed E-state index contributed by atoms with van der Waals surface area (Å²) in [7, 11) is -1.62. The van der Waals surface area contributed by atoms with Gasteiger partial charge in [-0.3, -0.25) is 0 Å². The lowest BCUT2D eigenvalue weighted by Crippen LogP contribution is -2.44. The number of likely N-dealkylation sites (N-methyl/N-ethyl adjacent to an activating group) is 1. The van der Waals surface area contributed by atoms with Gasteiger partial charge in [-0.15, -0.1) is 11.3 Å². The summed E-state index contributed by atoms with van der Waals surface area (Å²) in [6, 6.07) is 1.95. The number of pyridine rings is 1. The molecule has 1 saturated carbocycles. The summed E-state index contributed by atoms with van der Waals surface area (Å²) in [5, 5.41) is 9.40. The van der Waals surface area contributed by atoms with Crippen LogP contribution in [-0.2, 0) is 10.0 Å². The Hall–Kier alpha value is -1.33. The minimum absolute atomic E-state index is 0.149. The highest BCUT2D eigenvalue weighted by atomic mass is 32.2. The molecule has 0 unspecified atom stereocenters. The molecule has 7 nitrogen and oxygen atoms in total. The van der Waals surface area contributed by atoms with Crippen LogP contribution in [0.15, 0.2) is 37.8 Å². The number of sulfonamides is 1. The Morgan fingerprint density at radius 3 is 2.62 bits per heavy atom. The standard InChI is InChI=1S/C19H26N4O3S3/c1-22-6-8-23(9-7-22)15-11-21-19(10-16(15)26-14-4-2-3-5-14)28-17-12-27-13-18(17)29(20,24)25/h10-14H,2-9H2,1H3,(H2,20,24,25). The highest BCUT2D eigenvalue weighted by molar-refractivity contribution is 8.00. The molecule has 1 aliphatic heterocycles. The molecule has 4 rings (SSSR count). The SMILES string of the molecule is CN1CCN(c2cnc(Sc3cscc3S(N)(=O)=O)cc2OC2CCCC2)CC1. The van der Waals surface area contributed by atoms with Gasteiger partial charge in [0.2, 0.25) is 10.0 Å². The lowest BCUT2D eigenvalue weighted by atomic mass is 10.2. The molecule has 1 aliphatic carbocycles. The summed E-state index contributed by atoms with van der Waals surface area (Å²) in [4.78, 5) is 9.99. The summed E-state index contributed by atoms with van der Waals surface area (Å²) in [5.74, 6) is 0.839. The fraction of sp³-hybridized carbons (Fsp3) is 0.526. The van der Waals surface area contributed by atoms with Crippen molar-refractivity contribution in [3.05, 3.63) is 23.0 Å². The quantitative estimate of drug-likeness (QED) is 0.718. The minimum atomic E-state index is -3.75. The first-order chi connectivity index (χ1) is 13.9. The van der Waals surface area contributed by atoms with Crippen molar-refractivity contribution in [1.82, 2.24) is 9.88 Å². The van der Waals surface area contributed by atoms with Gasteiger partial charge < -0.3 is 14.5 Å². The number of thiophene rings is 1. The van der Waals surface area contributed by atoms with Gasteiger partial charge in [0.15, 0.2) is 0 Å². The highest BCUT2D eigenvalue weighted by Gasteiger charge is 2.24. The molecule has 0 bridgehead atoms. The van der Waals surface area contributed by atoms with E-state index in [1.807, 2.05) is 12.3 Å². The molecular formula is C19H26N4O3S3. The highest BCUT2D eigenvalue weighted by Crippen LogP contribution is 2.39. The first-order valence-corrected chi connectivity index (χ1v) is 13.1. The van der Waals surface area contributed by atoms with Gasteiger partial charge in [-0.1, -0.05) is 11.8 Å². The second-order valence-corrected chi connectivity index (χ2v) is 10.9. The van der Waals surface area contributed by atoms with Gasteiger partial charge in [-0.2, -0.15) is 0 Å². The molecule has 2 aromatic rings. The molecule has 3 heterocycles. The predicted molar refractivity (Wildman–Crippen MR) is 117 cm³/mol. The molecule has 2 fully saturated rings. The second kappa shape index (κ2) is 8.81. The number of aromatic nitrogens is 1. The van der Waals surface area contributed by atoms with Gasteiger partial charge in [0.05, 0.1) is 18.0 Å². The van der Waals surface area contributed by atoms with Gasteiger partial charge in [0.1, 0.15) is 15.7 Å². The molecule has 0 spiro atoms. The van der Waals surface area contributed by atoms with Gasteiger partial charge in [0.25, 0.3) is 0 Å². The summed E-state index contributed by atoms with van der Waals surface area (Å²) in [6.07, 6.45) is 6.66. The summed E-state index contributed by atoms with van der Waals surface area (Å²) in [5.41, 5.74) is 1.02. The lowest BCUT2D eigenvalue weighted by Gasteiger charge is -2.35. The van der Waals surface area contributed by atoms with E-state index in [1.54, 1.807) is 10.8 Å². The van der Waals surface area contributed by atoms with Gasteiger partial charge in [-0.25, -0.2) is 18.5 Å². The molecule has 2 aliphatic rings. The number of nitrogens with two attached hydrogens (primary N) is 1. The molecule has 158 valence electrons. The first kappa shape index (κ1) is 20.9. The van der Waals surface area contributed by atoms with Crippen LogP contribution in [0.1, 0.15) is 25.7 Å². The Morgan fingerprint density at radius 1 is 1.21 bits per heavy atom. The Morgan fingerprint density at radius 2 is 1.93 bits per heavy atom. The van der Waals surface area contributed by atoms with Crippen molar-refractivity contribution in [1.29, 1.82) is 0 Å². The maximum atomic E-state index is 11.8. The van der Waals surface area contributed by atoms with Crippen LogP contribution in [0.4, 0.5) is 5.69 Å². The molecule has 0 aromatic carbocycles. The van der Waals surface area contributed by atoms with Crippen LogP contribution in [0.5, 0.6) is 5.75 Å². The van der Waals surface area contributed by atoms with Crippen molar-refractivity contribution < 1.29 is 13.2 Å². The van der Waals surface area contributed by atoms with Crippen LogP contribution in [0.2, 0.25) is 0 Å². The second-order valence-electron chi connectivity index (χ2n) is 7.55. The van der Waals surface area contributed by atoms with Crippen molar-refractivity contribution in [3.8, 4) is 5.75 Å². The first-order valence-electron chi connectivity index (χ1n) is 9.77. The van der Waals surface area contributed by atoms with Crippen molar-refractivity contribution in [2.75, 3.05) is 38.1 Å². The van der Waals surface area contributed by atoms with Gasteiger partial charge >= 0.3 is 0 Å². The fourth-order valence-electron chi connectivity index (χ4n) is 3.70. The van der Waals surface area contributed by atoms with Crippen molar-refractivity contribution in [2.45, 2.75) is 46.6 Å². The Bertz CT molecular complexity index is 949. The van der Waals surface area contributed by atoms with Crippen LogP contribution in [0.25, 0.3) is 0 Å². The zero-order valence-electron chi connectivity index (χ0n) is 16.4. The molecule has 29 heavy (non-hydrogen) atoms.